The molecule has 0 radical (unpaired) electrons. The number of halogens is 3. The highest BCUT2D eigenvalue weighted by molar-refractivity contribution is 5.74. The van der Waals surface area contributed by atoms with Gasteiger partial charge in [-0.25, -0.2) is 4.98 Å². The van der Waals surface area contributed by atoms with Crippen molar-refractivity contribution >= 4 is 5.97 Å². The number of carbonyl (C=O) groups excluding carboxylic acids is 1. The van der Waals surface area contributed by atoms with Crippen LogP contribution in [0.3, 0.4) is 0 Å². The van der Waals surface area contributed by atoms with Gasteiger partial charge in [-0.05, 0) is 6.07 Å². The average Bonchev–Trinajstić information content (AvgIpc) is 2.38. The number of esters is 1. The highest BCUT2D eigenvalue weighted by Gasteiger charge is 2.34. The maximum Gasteiger partial charge on any atom is 0.573 e. The lowest BCUT2D eigenvalue weighted by atomic mass is 10.1. The Hall–Kier alpha value is -2.03. The molecule has 0 aliphatic heterocycles. The Morgan fingerprint density at radius 2 is 2.05 bits per heavy atom. The van der Waals surface area contributed by atoms with E-state index < -0.39 is 30.4 Å². The number of rotatable bonds is 5. The number of nitrogens with two attached hydrogens (primary N) is 1. The molecule has 20 heavy (non-hydrogen) atoms. The molecule has 0 atom stereocenters. The van der Waals surface area contributed by atoms with Crippen LogP contribution in [-0.2, 0) is 22.5 Å². The zero-order chi connectivity index (χ0) is 15.3. The molecule has 0 saturated heterocycles. The van der Waals surface area contributed by atoms with E-state index >= 15 is 0 Å². The van der Waals surface area contributed by atoms with Gasteiger partial charge < -0.3 is 19.9 Å². The van der Waals surface area contributed by atoms with Crippen LogP contribution < -0.4 is 15.2 Å². The molecule has 0 fully saturated rings. The van der Waals surface area contributed by atoms with E-state index in [2.05, 4.69) is 14.5 Å². The van der Waals surface area contributed by atoms with Crippen LogP contribution in [0, 0.1) is 0 Å². The third kappa shape index (κ3) is 4.26. The second kappa shape index (κ2) is 6.42. The van der Waals surface area contributed by atoms with Gasteiger partial charge in [0.25, 0.3) is 5.88 Å². The zero-order valence-corrected chi connectivity index (χ0v) is 10.8. The Labute approximate surface area is 112 Å². The number of hydrogen-bond acceptors (Lipinski definition) is 6. The predicted molar refractivity (Wildman–Crippen MR) is 61.1 cm³/mol. The maximum atomic E-state index is 12.4. The van der Waals surface area contributed by atoms with E-state index in [-0.39, 0.29) is 17.8 Å². The highest BCUT2D eigenvalue weighted by Crippen LogP contribution is 2.35. The Balaban J connectivity index is 3.30. The smallest absolute Gasteiger partial charge is 0.478 e. The van der Waals surface area contributed by atoms with Crippen LogP contribution in [0.5, 0.6) is 11.6 Å². The predicted octanol–water partition coefficient (Wildman–Crippen LogP) is 1.16. The van der Waals surface area contributed by atoms with Gasteiger partial charge in [0.05, 0.1) is 26.3 Å². The van der Waals surface area contributed by atoms with E-state index in [0.29, 0.717) is 0 Å². The number of carbonyl (C=O) groups is 1. The molecule has 1 heterocycles. The standard InChI is InChI=1S/C11H13F3N2O4/c1-18-8(17)4-6-3-7(5-15)16-10(19-2)9(6)20-11(12,13)14/h3H,4-5,15H2,1-2H3. The second-order valence-corrected chi connectivity index (χ2v) is 3.62. The van der Waals surface area contributed by atoms with Crippen molar-refractivity contribution in [3.63, 3.8) is 0 Å². The van der Waals surface area contributed by atoms with E-state index in [9.17, 15) is 18.0 Å². The molecule has 1 rings (SSSR count). The van der Waals surface area contributed by atoms with E-state index in [1.165, 1.54) is 6.07 Å². The lowest BCUT2D eigenvalue weighted by molar-refractivity contribution is -0.275. The summed E-state index contributed by atoms with van der Waals surface area (Å²) in [5, 5.41) is 0. The molecule has 9 heteroatoms. The van der Waals surface area contributed by atoms with Crippen LogP contribution >= 0.6 is 0 Å². The molecule has 0 aliphatic rings. The molecule has 1 aromatic heterocycles. The Morgan fingerprint density at radius 1 is 1.40 bits per heavy atom. The molecule has 0 aliphatic carbocycles. The van der Waals surface area contributed by atoms with E-state index in [4.69, 9.17) is 10.5 Å². The summed E-state index contributed by atoms with van der Waals surface area (Å²) in [5.74, 6) is -1.81. The summed E-state index contributed by atoms with van der Waals surface area (Å²) in [6, 6.07) is 1.24. The zero-order valence-electron chi connectivity index (χ0n) is 10.8. The molecule has 0 bridgehead atoms. The van der Waals surface area contributed by atoms with Crippen molar-refractivity contribution in [3.8, 4) is 11.6 Å². The normalized spacial score (nSPS) is 11.1. The lowest BCUT2D eigenvalue weighted by Crippen LogP contribution is -2.20. The number of aromatic nitrogens is 1. The second-order valence-electron chi connectivity index (χ2n) is 3.62. The Morgan fingerprint density at radius 3 is 2.50 bits per heavy atom. The van der Waals surface area contributed by atoms with Gasteiger partial charge in [0, 0.05) is 12.1 Å². The summed E-state index contributed by atoms with van der Waals surface area (Å²) in [4.78, 5) is 15.0. The third-order valence-corrected chi connectivity index (χ3v) is 2.25. The van der Waals surface area contributed by atoms with Gasteiger partial charge in [-0.15, -0.1) is 13.2 Å². The quantitative estimate of drug-likeness (QED) is 0.820. The topological polar surface area (TPSA) is 83.7 Å². The third-order valence-electron chi connectivity index (χ3n) is 2.25. The van der Waals surface area contributed by atoms with Gasteiger partial charge in [0.15, 0.2) is 5.75 Å². The van der Waals surface area contributed by atoms with Crippen molar-refractivity contribution < 1.29 is 32.2 Å². The van der Waals surface area contributed by atoms with E-state index in [1.54, 1.807) is 0 Å². The fraction of sp³-hybridized carbons (Fsp3) is 0.455. The summed E-state index contributed by atoms with van der Waals surface area (Å²) >= 11 is 0. The number of nitrogens with zero attached hydrogens (tertiary/aromatic N) is 1. The SMILES string of the molecule is COC(=O)Cc1cc(CN)nc(OC)c1OC(F)(F)F. The first-order chi connectivity index (χ1) is 9.30. The molecule has 0 spiro atoms. The summed E-state index contributed by atoms with van der Waals surface area (Å²) in [6.07, 6.45) is -5.36. The molecule has 0 saturated carbocycles. The van der Waals surface area contributed by atoms with Crippen LogP contribution in [0.25, 0.3) is 0 Å². The molecular formula is C11H13F3N2O4. The van der Waals surface area contributed by atoms with Crippen LogP contribution in [0.1, 0.15) is 11.3 Å². The van der Waals surface area contributed by atoms with Gasteiger partial charge in [0.1, 0.15) is 0 Å². The van der Waals surface area contributed by atoms with Gasteiger partial charge >= 0.3 is 12.3 Å². The minimum absolute atomic E-state index is 0.0309. The largest absolute Gasteiger partial charge is 0.573 e. The molecule has 0 aromatic carbocycles. The van der Waals surface area contributed by atoms with Crippen molar-refractivity contribution in [2.24, 2.45) is 5.73 Å². The molecule has 0 amide bonds. The number of ether oxygens (including phenoxy) is 3. The number of alkyl halides is 3. The number of methoxy groups -OCH3 is 2. The summed E-state index contributed by atoms with van der Waals surface area (Å²) in [7, 11) is 2.25. The Kier molecular flexibility index (Phi) is 5.14. The van der Waals surface area contributed by atoms with Gasteiger partial charge in [0.2, 0.25) is 0 Å². The molecule has 6 nitrogen and oxygen atoms in total. The Bertz CT molecular complexity index is 491. The van der Waals surface area contributed by atoms with Crippen molar-refractivity contribution in [2.45, 2.75) is 19.3 Å². The summed E-state index contributed by atoms with van der Waals surface area (Å²) in [6.45, 7) is -0.0309. The average molecular weight is 294 g/mol. The minimum atomic E-state index is -4.94. The first-order valence-corrected chi connectivity index (χ1v) is 5.40. The first-order valence-electron chi connectivity index (χ1n) is 5.40. The number of pyridine rings is 1. The van der Waals surface area contributed by atoms with Crippen molar-refractivity contribution in [1.29, 1.82) is 0 Å². The maximum absolute atomic E-state index is 12.4. The monoisotopic (exact) mass is 294 g/mol. The fourth-order valence-corrected chi connectivity index (χ4v) is 1.44. The van der Waals surface area contributed by atoms with Crippen LogP contribution in [0.15, 0.2) is 6.07 Å². The minimum Gasteiger partial charge on any atom is -0.478 e. The molecule has 2 N–H and O–H groups in total. The fourth-order valence-electron chi connectivity index (χ4n) is 1.44. The van der Waals surface area contributed by atoms with E-state index in [1.807, 2.05) is 0 Å². The van der Waals surface area contributed by atoms with Crippen LogP contribution in [0.4, 0.5) is 13.2 Å². The molecular weight excluding hydrogens is 281 g/mol. The van der Waals surface area contributed by atoms with Crippen LogP contribution in [-0.4, -0.2) is 31.5 Å². The van der Waals surface area contributed by atoms with Crippen molar-refractivity contribution in [2.75, 3.05) is 14.2 Å². The summed E-state index contributed by atoms with van der Waals surface area (Å²) < 4.78 is 50.2. The number of hydrogen-bond donors (Lipinski definition) is 1. The molecule has 1 aromatic rings. The molecule has 0 unspecified atom stereocenters. The summed E-state index contributed by atoms with van der Waals surface area (Å²) in [5.41, 5.74) is 5.58. The van der Waals surface area contributed by atoms with Gasteiger partial charge in [-0.2, -0.15) is 0 Å². The highest BCUT2D eigenvalue weighted by atomic mass is 19.4. The molecule has 112 valence electrons. The first kappa shape index (κ1) is 16.0. The van der Waals surface area contributed by atoms with Gasteiger partial charge in [-0.1, -0.05) is 0 Å². The van der Waals surface area contributed by atoms with Gasteiger partial charge in [-0.3, -0.25) is 4.79 Å². The lowest BCUT2D eigenvalue weighted by Gasteiger charge is -2.16. The van der Waals surface area contributed by atoms with Crippen molar-refractivity contribution in [3.05, 3.63) is 17.3 Å². The van der Waals surface area contributed by atoms with Crippen molar-refractivity contribution in [1.82, 2.24) is 4.98 Å². The van der Waals surface area contributed by atoms with Crippen LogP contribution in [0.2, 0.25) is 0 Å². The van der Waals surface area contributed by atoms with E-state index in [0.717, 1.165) is 14.2 Å².